The third-order valence-corrected chi connectivity index (χ3v) is 19.8. The van der Waals surface area contributed by atoms with Gasteiger partial charge in [-0.3, -0.25) is 0 Å². The molecule has 5 aliphatic heterocycles. The summed E-state index contributed by atoms with van der Waals surface area (Å²) in [5.41, 5.74) is -0.905. The molecular weight excluding hydrogens is 1010 g/mol. The SMILES string of the molecule is C[C@H](CC[C@]1(O)O[C@H]2C[C@H]3[C@@H]4CC=C5C[C@@H](O[C@@H]6O[C@H](CO)[C@H](O[C@@H]7O[C@H](CO)[C@@H](O)[C@H](O)[C@H]7O[C@@H]7O[C@H](CO)[C@@H](O)[C@H](O)[C@H]7O)[C@H](O)[C@H]6O)CC[C@]5(C)[C@H]4CC[C@]3(C)[C@@]2(O)[C@@H]1C)CO[C@@H]1O[C@H](CO)[C@@H](O)[C@H](O)[C@H]1O. The van der Waals surface area contributed by atoms with Crippen molar-refractivity contribution >= 4 is 0 Å². The maximum atomic E-state index is 12.9. The molecule has 25 heteroatoms. The van der Waals surface area contributed by atoms with Gasteiger partial charge in [-0.2, -0.15) is 0 Å². The summed E-state index contributed by atoms with van der Waals surface area (Å²) >= 11 is 0. The summed E-state index contributed by atoms with van der Waals surface area (Å²) in [4.78, 5) is 0. The fraction of sp³-hybridized carbons (Fsp3) is 0.961. The predicted molar refractivity (Wildman–Crippen MR) is 253 cm³/mol. The number of fused-ring (bicyclic) bond motifs is 7. The Kier molecular flexibility index (Phi) is 17.8. The van der Waals surface area contributed by atoms with Crippen molar-refractivity contribution in [2.45, 2.75) is 232 Å². The minimum atomic E-state index is -1.93. The average molecular weight is 1100 g/mol. The van der Waals surface area contributed by atoms with E-state index in [0.29, 0.717) is 32.1 Å². The molecular formula is C51H84O25. The summed E-state index contributed by atoms with van der Waals surface area (Å²) in [6, 6.07) is 0. The minimum absolute atomic E-state index is 0.0786. The molecule has 9 rings (SSSR count). The normalized spacial score (nSPS) is 54.8. The molecule has 3 saturated carbocycles. The monoisotopic (exact) mass is 1100 g/mol. The summed E-state index contributed by atoms with van der Waals surface area (Å²) in [5.74, 6) is -1.85. The molecule has 0 aromatic carbocycles. The molecule has 0 unspecified atom stereocenters. The van der Waals surface area contributed by atoms with Crippen LogP contribution in [0.25, 0.3) is 0 Å². The average Bonchev–Trinajstić information content (AvgIpc) is 3.93. The number of aliphatic hydroxyl groups is 16. The number of rotatable bonds is 16. The molecule has 76 heavy (non-hydrogen) atoms. The van der Waals surface area contributed by atoms with E-state index in [1.54, 1.807) is 0 Å². The van der Waals surface area contributed by atoms with Gasteiger partial charge in [-0.1, -0.05) is 39.3 Å². The molecule has 5 saturated heterocycles. The van der Waals surface area contributed by atoms with Crippen LogP contribution in [0.4, 0.5) is 0 Å². The number of allylic oxidation sites excluding steroid dienone is 1. The van der Waals surface area contributed by atoms with Gasteiger partial charge in [0.2, 0.25) is 0 Å². The Balaban J connectivity index is 0.809. The van der Waals surface area contributed by atoms with E-state index < -0.39 is 184 Å². The summed E-state index contributed by atoms with van der Waals surface area (Å²) in [7, 11) is 0. The fourth-order valence-electron chi connectivity index (χ4n) is 15.0. The second kappa shape index (κ2) is 22.8. The molecule has 25 nitrogen and oxygen atoms in total. The van der Waals surface area contributed by atoms with Crippen molar-refractivity contribution in [2.24, 2.45) is 40.4 Å². The van der Waals surface area contributed by atoms with Crippen LogP contribution in [0.1, 0.15) is 85.5 Å². The van der Waals surface area contributed by atoms with E-state index >= 15 is 0 Å². The zero-order valence-corrected chi connectivity index (χ0v) is 43.4. The van der Waals surface area contributed by atoms with Crippen LogP contribution < -0.4 is 0 Å². The van der Waals surface area contributed by atoms with Crippen LogP contribution in [0.2, 0.25) is 0 Å². The Morgan fingerprint density at radius 1 is 0.605 bits per heavy atom. The van der Waals surface area contributed by atoms with Crippen LogP contribution in [-0.2, 0) is 42.6 Å². The molecule has 31 atom stereocenters. The first-order valence-corrected chi connectivity index (χ1v) is 27.2. The van der Waals surface area contributed by atoms with Crippen LogP contribution in [0.15, 0.2) is 11.6 Å². The van der Waals surface area contributed by atoms with Crippen molar-refractivity contribution in [3.63, 3.8) is 0 Å². The number of hydrogen-bond donors (Lipinski definition) is 16. The van der Waals surface area contributed by atoms with Crippen LogP contribution in [0.3, 0.4) is 0 Å². The third kappa shape index (κ3) is 10.1. The summed E-state index contributed by atoms with van der Waals surface area (Å²) in [6.45, 7) is 5.28. The van der Waals surface area contributed by atoms with Gasteiger partial charge in [0, 0.05) is 17.8 Å². The van der Waals surface area contributed by atoms with E-state index in [2.05, 4.69) is 19.9 Å². The molecule has 0 bridgehead atoms. The molecule has 9 aliphatic rings. The molecule has 0 spiro atoms. The molecule has 4 aliphatic carbocycles. The van der Waals surface area contributed by atoms with E-state index in [1.165, 1.54) is 5.57 Å². The van der Waals surface area contributed by atoms with Crippen molar-refractivity contribution < 1.29 is 124 Å². The maximum absolute atomic E-state index is 12.9. The van der Waals surface area contributed by atoms with E-state index in [0.717, 1.165) is 19.3 Å². The van der Waals surface area contributed by atoms with Crippen molar-refractivity contribution in [3.05, 3.63) is 11.6 Å². The van der Waals surface area contributed by atoms with Crippen LogP contribution in [-0.4, -0.2) is 261 Å². The molecule has 8 fully saturated rings. The van der Waals surface area contributed by atoms with Gasteiger partial charge in [-0.15, -0.1) is 0 Å². The zero-order valence-electron chi connectivity index (χ0n) is 43.4. The van der Waals surface area contributed by atoms with Gasteiger partial charge in [0.1, 0.15) is 103 Å². The van der Waals surface area contributed by atoms with Crippen molar-refractivity contribution in [3.8, 4) is 0 Å². The first-order chi connectivity index (χ1) is 35.9. The Bertz CT molecular complexity index is 1990. The molecule has 0 amide bonds. The van der Waals surface area contributed by atoms with Crippen molar-refractivity contribution in [2.75, 3.05) is 33.0 Å². The molecule has 0 aromatic heterocycles. The lowest BCUT2D eigenvalue weighted by molar-refractivity contribution is -0.390. The van der Waals surface area contributed by atoms with Crippen molar-refractivity contribution in [1.82, 2.24) is 0 Å². The van der Waals surface area contributed by atoms with Gasteiger partial charge in [0.05, 0.1) is 45.2 Å². The highest BCUT2D eigenvalue weighted by Gasteiger charge is 2.75. The highest BCUT2D eigenvalue weighted by atomic mass is 16.8. The maximum Gasteiger partial charge on any atom is 0.187 e. The number of hydrogen-bond acceptors (Lipinski definition) is 25. The lowest BCUT2D eigenvalue weighted by Gasteiger charge is -2.59. The molecule has 16 N–H and O–H groups in total. The van der Waals surface area contributed by atoms with E-state index in [9.17, 15) is 81.7 Å². The fourth-order valence-corrected chi connectivity index (χ4v) is 15.0. The third-order valence-electron chi connectivity index (χ3n) is 19.8. The first-order valence-electron chi connectivity index (χ1n) is 27.2. The van der Waals surface area contributed by atoms with Gasteiger partial charge in [-0.05, 0) is 80.5 Å². The highest BCUT2D eigenvalue weighted by Crippen LogP contribution is 2.71. The Morgan fingerprint density at radius 2 is 1.13 bits per heavy atom. The largest absolute Gasteiger partial charge is 0.394 e. The second-order valence-corrected chi connectivity index (χ2v) is 23.9. The second-order valence-electron chi connectivity index (χ2n) is 23.9. The highest BCUT2D eigenvalue weighted by molar-refractivity contribution is 5.29. The number of aliphatic hydroxyl groups excluding tert-OH is 14. The van der Waals surface area contributed by atoms with Gasteiger partial charge in [0.15, 0.2) is 30.9 Å². The first kappa shape index (κ1) is 59.4. The molecule has 0 radical (unpaired) electrons. The quantitative estimate of drug-likeness (QED) is 0.0644. The lowest BCUT2D eigenvalue weighted by atomic mass is 9.46. The summed E-state index contributed by atoms with van der Waals surface area (Å²) in [5, 5.41) is 172. The molecule has 5 heterocycles. The van der Waals surface area contributed by atoms with E-state index in [-0.39, 0.29) is 42.1 Å². The van der Waals surface area contributed by atoms with Crippen LogP contribution in [0, 0.1) is 40.4 Å². The minimum Gasteiger partial charge on any atom is -0.394 e. The van der Waals surface area contributed by atoms with Crippen molar-refractivity contribution in [1.29, 1.82) is 0 Å². The summed E-state index contributed by atoms with van der Waals surface area (Å²) < 4.78 is 53.1. The van der Waals surface area contributed by atoms with Gasteiger partial charge < -0.3 is 124 Å². The van der Waals surface area contributed by atoms with Crippen LogP contribution >= 0.6 is 0 Å². The molecule has 438 valence electrons. The predicted octanol–water partition coefficient (Wildman–Crippen LogP) is -4.92. The Morgan fingerprint density at radius 3 is 1.76 bits per heavy atom. The van der Waals surface area contributed by atoms with Gasteiger partial charge in [-0.25, -0.2) is 0 Å². The topological polar surface area (TPSA) is 407 Å². The van der Waals surface area contributed by atoms with Gasteiger partial charge >= 0.3 is 0 Å². The van der Waals surface area contributed by atoms with Gasteiger partial charge in [0.25, 0.3) is 0 Å². The smallest absolute Gasteiger partial charge is 0.187 e. The molecule has 0 aromatic rings. The zero-order chi connectivity index (χ0) is 55.1. The van der Waals surface area contributed by atoms with E-state index in [4.69, 9.17) is 42.6 Å². The number of ether oxygens (including phenoxy) is 9. The Hall–Kier alpha value is -1.26. The van der Waals surface area contributed by atoms with Crippen LogP contribution in [0.5, 0.6) is 0 Å². The summed E-state index contributed by atoms with van der Waals surface area (Å²) in [6.07, 6.45) is -26.0. The van der Waals surface area contributed by atoms with E-state index in [1.807, 2.05) is 13.8 Å². The lowest BCUT2D eigenvalue weighted by Crippen LogP contribution is -2.67. The Labute approximate surface area is 440 Å². The standard InChI is InChI=1S/C51H84O25/c1-20(19-68-44-39(63)35(59)32(56)27(15-52)70-44)7-12-50(66)21(2)51(67)31(76-50)14-26-24-6-5-22-13-23(8-10-48(22,3)25(24)9-11-49(26,51)4)69-45-41(65)38(62)42(30(18-55)73-45)74-47-43(37(61)34(58)29(17-54)72-47)75-46-40(64)36(60)33(57)28(16-53)71-46/h5,20-21,23-47,52-67H,6-19H2,1-4H3/t20-,21-,23+,24-,25+,26+,27-,28-,29-,30-,31+,32-,33-,34-,35+,36+,37+,38-,39-,40-,41-,42+,43-,44-,45-,46+,47+,48+,49+,50+,51-/m1/s1.